The van der Waals surface area contributed by atoms with Crippen LogP contribution in [-0.2, 0) is 11.6 Å². The first-order valence-corrected chi connectivity index (χ1v) is 7.35. The number of rotatable bonds is 1. The molecule has 0 atom stereocenters. The van der Waals surface area contributed by atoms with Crippen LogP contribution in [0.3, 0.4) is 0 Å². The van der Waals surface area contributed by atoms with Crippen LogP contribution in [0.1, 0.15) is 35.5 Å². The van der Waals surface area contributed by atoms with Gasteiger partial charge in [0.05, 0.1) is 11.9 Å². The van der Waals surface area contributed by atoms with Gasteiger partial charge in [-0.3, -0.25) is 4.79 Å². The minimum atomic E-state index is -4.51. The van der Waals surface area contributed by atoms with Crippen LogP contribution in [0.5, 0.6) is 0 Å². The zero-order valence-corrected chi connectivity index (χ0v) is 13.2. The minimum absolute atomic E-state index is 0.293. The molecule has 3 rings (SSSR count). The van der Waals surface area contributed by atoms with Crippen LogP contribution in [0.2, 0.25) is 0 Å². The fourth-order valence-electron chi connectivity index (χ4n) is 2.95. The van der Waals surface area contributed by atoms with E-state index in [0.717, 1.165) is 17.8 Å². The van der Waals surface area contributed by atoms with Gasteiger partial charge in [-0.1, -0.05) is 19.9 Å². The van der Waals surface area contributed by atoms with Crippen molar-refractivity contribution < 1.29 is 18.0 Å². The van der Waals surface area contributed by atoms with Gasteiger partial charge in [0.2, 0.25) is 0 Å². The van der Waals surface area contributed by atoms with E-state index in [-0.39, 0.29) is 11.3 Å². The van der Waals surface area contributed by atoms with Crippen molar-refractivity contribution in [1.29, 1.82) is 0 Å². The van der Waals surface area contributed by atoms with Gasteiger partial charge >= 0.3 is 6.18 Å². The number of nitrogen functional groups attached to an aromatic ring is 1. The summed E-state index contributed by atoms with van der Waals surface area (Å²) in [5.41, 5.74) is 6.56. The number of carbonyl (C=O) groups excluding carboxylic acids is 1. The lowest BCUT2D eigenvalue weighted by atomic mass is 9.78. The average molecular weight is 335 g/mol. The van der Waals surface area contributed by atoms with Gasteiger partial charge in [-0.05, 0) is 29.8 Å². The molecule has 0 spiro atoms. The van der Waals surface area contributed by atoms with Crippen LogP contribution >= 0.6 is 0 Å². The third-order valence-corrected chi connectivity index (χ3v) is 4.15. The standard InChI is InChI=1S/C17H16F3N3O/c1-16(2)9-23(11-4-6-14(22-8-11)17(18,19)20)15(24)12-7-10(21)3-5-13(12)16/h3-8H,9,21H2,1-2H3. The van der Waals surface area contributed by atoms with Crippen LogP contribution in [0, 0.1) is 0 Å². The highest BCUT2D eigenvalue weighted by atomic mass is 19.4. The lowest BCUT2D eigenvalue weighted by Gasteiger charge is -2.39. The summed E-state index contributed by atoms with van der Waals surface area (Å²) in [6.07, 6.45) is -3.43. The number of hydrogen-bond acceptors (Lipinski definition) is 3. The van der Waals surface area contributed by atoms with Crippen molar-refractivity contribution in [3.63, 3.8) is 0 Å². The highest BCUT2D eigenvalue weighted by molar-refractivity contribution is 6.09. The van der Waals surface area contributed by atoms with Crippen molar-refractivity contribution in [3.05, 3.63) is 53.3 Å². The Hall–Kier alpha value is -2.57. The van der Waals surface area contributed by atoms with Gasteiger partial charge in [0.1, 0.15) is 5.69 Å². The van der Waals surface area contributed by atoms with E-state index < -0.39 is 11.9 Å². The number of alkyl halides is 3. The quantitative estimate of drug-likeness (QED) is 0.810. The van der Waals surface area contributed by atoms with Crippen molar-refractivity contribution in [2.24, 2.45) is 0 Å². The van der Waals surface area contributed by atoms with Gasteiger partial charge in [-0.25, -0.2) is 4.98 Å². The molecular formula is C17H16F3N3O. The molecule has 0 saturated heterocycles. The molecule has 24 heavy (non-hydrogen) atoms. The zero-order chi connectivity index (χ0) is 17.7. The number of halogens is 3. The summed E-state index contributed by atoms with van der Waals surface area (Å²) in [5, 5.41) is 0. The number of nitrogens with zero attached hydrogens (tertiary/aromatic N) is 2. The lowest BCUT2D eigenvalue weighted by Crippen LogP contribution is -2.47. The summed E-state index contributed by atoms with van der Waals surface area (Å²) in [7, 11) is 0. The second-order valence-corrected chi connectivity index (χ2v) is 6.48. The number of carbonyl (C=O) groups is 1. The number of pyridine rings is 1. The van der Waals surface area contributed by atoms with Crippen LogP contribution in [-0.4, -0.2) is 17.4 Å². The van der Waals surface area contributed by atoms with E-state index in [2.05, 4.69) is 4.98 Å². The number of fused-ring (bicyclic) bond motifs is 1. The number of aromatic nitrogens is 1. The number of anilines is 2. The molecule has 1 aliphatic heterocycles. The lowest BCUT2D eigenvalue weighted by molar-refractivity contribution is -0.141. The van der Waals surface area contributed by atoms with Crippen molar-refractivity contribution in [2.45, 2.75) is 25.4 Å². The molecule has 126 valence electrons. The highest BCUT2D eigenvalue weighted by Crippen LogP contribution is 2.37. The fourth-order valence-corrected chi connectivity index (χ4v) is 2.95. The molecule has 0 fully saturated rings. The van der Waals surface area contributed by atoms with Gasteiger partial charge in [0.15, 0.2) is 0 Å². The van der Waals surface area contributed by atoms with Gasteiger partial charge in [-0.15, -0.1) is 0 Å². The maximum Gasteiger partial charge on any atom is 0.433 e. The Morgan fingerprint density at radius 3 is 2.50 bits per heavy atom. The monoisotopic (exact) mass is 335 g/mol. The summed E-state index contributed by atoms with van der Waals surface area (Å²) in [6.45, 7) is 4.29. The maximum absolute atomic E-state index is 12.8. The SMILES string of the molecule is CC1(C)CN(c2ccc(C(F)(F)F)nc2)C(=O)c2cc(N)ccc21. The number of amides is 1. The Balaban J connectivity index is 2.03. The summed E-state index contributed by atoms with van der Waals surface area (Å²) in [4.78, 5) is 17.6. The molecule has 1 aromatic carbocycles. The summed E-state index contributed by atoms with van der Waals surface area (Å²) in [5.74, 6) is -0.293. The minimum Gasteiger partial charge on any atom is -0.399 e. The summed E-state index contributed by atoms with van der Waals surface area (Å²) in [6, 6.07) is 7.31. The molecule has 2 heterocycles. The van der Waals surface area contributed by atoms with Crippen LogP contribution < -0.4 is 10.6 Å². The Labute approximate surface area is 137 Å². The van der Waals surface area contributed by atoms with Crippen LogP contribution in [0.25, 0.3) is 0 Å². The first-order chi connectivity index (χ1) is 11.1. The van der Waals surface area contributed by atoms with E-state index in [1.165, 1.54) is 11.0 Å². The van der Waals surface area contributed by atoms with E-state index in [0.29, 0.717) is 23.5 Å². The molecular weight excluding hydrogens is 319 g/mol. The first kappa shape index (κ1) is 16.3. The topological polar surface area (TPSA) is 59.2 Å². The second kappa shape index (κ2) is 5.22. The predicted octanol–water partition coefficient (Wildman–Crippen LogP) is 3.62. The molecule has 7 heteroatoms. The summed E-state index contributed by atoms with van der Waals surface area (Å²) < 4.78 is 37.9. The molecule has 2 aromatic rings. The van der Waals surface area contributed by atoms with Gasteiger partial charge in [0.25, 0.3) is 5.91 Å². The molecule has 0 aliphatic carbocycles. The largest absolute Gasteiger partial charge is 0.433 e. The van der Waals surface area contributed by atoms with E-state index in [9.17, 15) is 18.0 Å². The number of hydrogen-bond donors (Lipinski definition) is 1. The van der Waals surface area contributed by atoms with Crippen LogP contribution in [0.15, 0.2) is 36.5 Å². The molecule has 1 aromatic heterocycles. The molecule has 0 unspecified atom stereocenters. The van der Waals surface area contributed by atoms with E-state index >= 15 is 0 Å². The Kier molecular flexibility index (Phi) is 3.55. The fraction of sp³-hybridized carbons (Fsp3) is 0.294. The molecule has 4 nitrogen and oxygen atoms in total. The van der Waals surface area contributed by atoms with Crippen molar-refractivity contribution in [3.8, 4) is 0 Å². The average Bonchev–Trinajstić information content (AvgIpc) is 2.50. The van der Waals surface area contributed by atoms with Crippen molar-refractivity contribution >= 4 is 17.3 Å². The number of benzene rings is 1. The molecule has 1 aliphatic rings. The molecule has 0 bridgehead atoms. The Morgan fingerprint density at radius 2 is 1.92 bits per heavy atom. The molecule has 0 saturated carbocycles. The van der Waals surface area contributed by atoms with Crippen molar-refractivity contribution in [1.82, 2.24) is 4.98 Å². The summed E-state index contributed by atoms with van der Waals surface area (Å²) >= 11 is 0. The third kappa shape index (κ3) is 2.70. The Morgan fingerprint density at radius 1 is 1.21 bits per heavy atom. The van der Waals surface area contributed by atoms with Gasteiger partial charge in [0, 0.05) is 23.2 Å². The molecule has 1 amide bonds. The Bertz CT molecular complexity index is 798. The van der Waals surface area contributed by atoms with E-state index in [1.54, 1.807) is 12.1 Å². The maximum atomic E-state index is 12.8. The predicted molar refractivity (Wildman–Crippen MR) is 84.8 cm³/mol. The second-order valence-electron chi connectivity index (χ2n) is 6.48. The third-order valence-electron chi connectivity index (χ3n) is 4.15. The van der Waals surface area contributed by atoms with Crippen LogP contribution in [0.4, 0.5) is 24.5 Å². The van der Waals surface area contributed by atoms with Crippen molar-refractivity contribution in [2.75, 3.05) is 17.2 Å². The molecule has 0 radical (unpaired) electrons. The normalized spacial score (nSPS) is 16.9. The molecule has 2 N–H and O–H groups in total. The van der Waals surface area contributed by atoms with Gasteiger partial charge < -0.3 is 10.6 Å². The van der Waals surface area contributed by atoms with E-state index in [4.69, 9.17) is 5.73 Å². The first-order valence-electron chi connectivity index (χ1n) is 7.35. The van der Waals surface area contributed by atoms with Gasteiger partial charge in [-0.2, -0.15) is 13.2 Å². The highest BCUT2D eigenvalue weighted by Gasteiger charge is 2.38. The smallest absolute Gasteiger partial charge is 0.399 e. The van der Waals surface area contributed by atoms with E-state index in [1.807, 2.05) is 19.9 Å². The zero-order valence-electron chi connectivity index (χ0n) is 13.2. The number of nitrogens with two attached hydrogens (primary N) is 1.